The number of benzene rings is 2. The molecule has 0 bridgehead atoms. The van der Waals surface area contributed by atoms with E-state index < -0.39 is 0 Å². The summed E-state index contributed by atoms with van der Waals surface area (Å²) in [6, 6.07) is 15.2. The van der Waals surface area contributed by atoms with Gasteiger partial charge in [-0.05, 0) is 42.5 Å². The van der Waals surface area contributed by atoms with E-state index in [1.54, 1.807) is 18.2 Å². The van der Waals surface area contributed by atoms with E-state index in [4.69, 9.17) is 16.3 Å². The predicted octanol–water partition coefficient (Wildman–Crippen LogP) is 4.79. The SMILES string of the molecule is CC1CCN(C(=O)c2cc(Cl)ccc2OCc2ccccc2)CC1. The number of carbonyl (C=O) groups is 1. The van der Waals surface area contributed by atoms with Crippen molar-refractivity contribution < 1.29 is 9.53 Å². The van der Waals surface area contributed by atoms with E-state index in [0.29, 0.717) is 28.9 Å². The largest absolute Gasteiger partial charge is 0.488 e. The number of hydrogen-bond donors (Lipinski definition) is 0. The van der Waals surface area contributed by atoms with E-state index in [0.717, 1.165) is 31.5 Å². The van der Waals surface area contributed by atoms with Gasteiger partial charge in [0.25, 0.3) is 5.91 Å². The second-order valence-corrected chi connectivity index (χ2v) is 6.83. The van der Waals surface area contributed by atoms with Crippen molar-refractivity contribution in [2.45, 2.75) is 26.4 Å². The Bertz CT molecular complexity index is 694. The lowest BCUT2D eigenvalue weighted by molar-refractivity contribution is 0.0692. The molecule has 1 fully saturated rings. The third-order valence-electron chi connectivity index (χ3n) is 4.48. The first-order chi connectivity index (χ1) is 11.6. The molecule has 0 unspecified atom stereocenters. The minimum absolute atomic E-state index is 0.00691. The lowest BCUT2D eigenvalue weighted by Gasteiger charge is -2.30. The van der Waals surface area contributed by atoms with E-state index in [9.17, 15) is 4.79 Å². The Morgan fingerprint density at radius 1 is 1.17 bits per heavy atom. The Hall–Kier alpha value is -2.00. The Balaban J connectivity index is 1.76. The molecule has 0 saturated carbocycles. The summed E-state index contributed by atoms with van der Waals surface area (Å²) in [4.78, 5) is 14.8. The molecule has 126 valence electrons. The average Bonchev–Trinajstić information content (AvgIpc) is 2.61. The quantitative estimate of drug-likeness (QED) is 0.798. The molecule has 1 saturated heterocycles. The monoisotopic (exact) mass is 343 g/mol. The summed E-state index contributed by atoms with van der Waals surface area (Å²) in [6.07, 6.45) is 2.10. The first kappa shape index (κ1) is 16.8. The molecular weight excluding hydrogens is 322 g/mol. The normalized spacial score (nSPS) is 15.3. The van der Waals surface area contributed by atoms with E-state index in [2.05, 4.69) is 6.92 Å². The highest BCUT2D eigenvalue weighted by Crippen LogP contribution is 2.27. The van der Waals surface area contributed by atoms with Crippen LogP contribution in [0.4, 0.5) is 0 Å². The molecule has 1 heterocycles. The number of ether oxygens (including phenoxy) is 1. The number of halogens is 1. The van der Waals surface area contributed by atoms with Gasteiger partial charge in [-0.1, -0.05) is 48.9 Å². The molecule has 1 amide bonds. The van der Waals surface area contributed by atoms with Gasteiger partial charge in [0.2, 0.25) is 0 Å². The highest BCUT2D eigenvalue weighted by molar-refractivity contribution is 6.31. The molecule has 0 radical (unpaired) electrons. The molecule has 24 heavy (non-hydrogen) atoms. The maximum Gasteiger partial charge on any atom is 0.257 e. The summed E-state index contributed by atoms with van der Waals surface area (Å²) >= 11 is 6.11. The fraction of sp³-hybridized carbons (Fsp3) is 0.350. The summed E-state index contributed by atoms with van der Waals surface area (Å²) in [5.41, 5.74) is 1.62. The maximum absolute atomic E-state index is 12.9. The van der Waals surface area contributed by atoms with Crippen molar-refractivity contribution >= 4 is 17.5 Å². The van der Waals surface area contributed by atoms with Gasteiger partial charge < -0.3 is 9.64 Å². The number of amides is 1. The van der Waals surface area contributed by atoms with E-state index in [1.165, 1.54) is 0 Å². The van der Waals surface area contributed by atoms with Gasteiger partial charge in [0.15, 0.2) is 0 Å². The molecule has 2 aromatic rings. The second-order valence-electron chi connectivity index (χ2n) is 6.39. The number of nitrogens with zero attached hydrogens (tertiary/aromatic N) is 1. The molecule has 4 heteroatoms. The molecule has 0 spiro atoms. The fourth-order valence-corrected chi connectivity index (χ4v) is 3.08. The first-order valence-electron chi connectivity index (χ1n) is 8.39. The summed E-state index contributed by atoms with van der Waals surface area (Å²) in [6.45, 7) is 4.25. The Morgan fingerprint density at radius 3 is 2.58 bits per heavy atom. The van der Waals surface area contributed by atoms with Crippen LogP contribution in [0.2, 0.25) is 5.02 Å². The topological polar surface area (TPSA) is 29.5 Å². The number of hydrogen-bond acceptors (Lipinski definition) is 2. The summed E-state index contributed by atoms with van der Waals surface area (Å²) in [5, 5.41) is 0.552. The lowest BCUT2D eigenvalue weighted by atomic mass is 9.98. The maximum atomic E-state index is 12.9. The van der Waals surface area contributed by atoms with Crippen molar-refractivity contribution in [2.24, 2.45) is 5.92 Å². The van der Waals surface area contributed by atoms with Crippen molar-refractivity contribution in [3.8, 4) is 5.75 Å². The van der Waals surface area contributed by atoms with Gasteiger partial charge in [-0.15, -0.1) is 0 Å². The molecule has 0 aromatic heterocycles. The van der Waals surface area contributed by atoms with E-state index >= 15 is 0 Å². The first-order valence-corrected chi connectivity index (χ1v) is 8.77. The van der Waals surface area contributed by atoms with Gasteiger partial charge in [0.1, 0.15) is 12.4 Å². The van der Waals surface area contributed by atoms with Crippen LogP contribution >= 0.6 is 11.6 Å². The Kier molecular flexibility index (Phi) is 5.41. The Labute approximate surface area is 148 Å². The van der Waals surface area contributed by atoms with Crippen LogP contribution in [0.15, 0.2) is 48.5 Å². The third-order valence-corrected chi connectivity index (χ3v) is 4.72. The fourth-order valence-electron chi connectivity index (χ4n) is 2.91. The number of carbonyl (C=O) groups excluding carboxylic acids is 1. The van der Waals surface area contributed by atoms with Gasteiger partial charge in [-0.25, -0.2) is 0 Å². The van der Waals surface area contributed by atoms with E-state index in [-0.39, 0.29) is 5.91 Å². The van der Waals surface area contributed by atoms with Gasteiger partial charge in [0, 0.05) is 18.1 Å². The van der Waals surface area contributed by atoms with Crippen LogP contribution in [0.3, 0.4) is 0 Å². The summed E-state index contributed by atoms with van der Waals surface area (Å²) in [7, 11) is 0. The van der Waals surface area contributed by atoms with Crippen molar-refractivity contribution in [1.82, 2.24) is 4.90 Å². The number of likely N-dealkylation sites (tertiary alicyclic amines) is 1. The van der Waals surface area contributed by atoms with Crippen LogP contribution in [0, 0.1) is 5.92 Å². The van der Waals surface area contributed by atoms with Crippen LogP contribution in [0.25, 0.3) is 0 Å². The van der Waals surface area contributed by atoms with Crippen LogP contribution in [-0.4, -0.2) is 23.9 Å². The summed E-state index contributed by atoms with van der Waals surface area (Å²) < 4.78 is 5.91. The minimum Gasteiger partial charge on any atom is -0.488 e. The smallest absolute Gasteiger partial charge is 0.257 e. The number of rotatable bonds is 4. The molecule has 1 aliphatic rings. The molecule has 1 aliphatic heterocycles. The Morgan fingerprint density at radius 2 is 1.88 bits per heavy atom. The van der Waals surface area contributed by atoms with Gasteiger partial charge in [-0.2, -0.15) is 0 Å². The van der Waals surface area contributed by atoms with Crippen molar-refractivity contribution in [3.05, 3.63) is 64.7 Å². The molecule has 0 aliphatic carbocycles. The second kappa shape index (κ2) is 7.71. The zero-order valence-corrected chi connectivity index (χ0v) is 14.6. The third kappa shape index (κ3) is 4.09. The standard InChI is InChI=1S/C20H22ClNO2/c1-15-9-11-22(12-10-15)20(23)18-13-17(21)7-8-19(18)24-14-16-5-3-2-4-6-16/h2-8,13,15H,9-12,14H2,1H3. The predicted molar refractivity (Wildman–Crippen MR) is 96.5 cm³/mol. The zero-order chi connectivity index (χ0) is 16.9. The molecule has 0 atom stereocenters. The number of piperidine rings is 1. The molecule has 2 aromatic carbocycles. The minimum atomic E-state index is 0.00691. The van der Waals surface area contributed by atoms with Crippen LogP contribution in [0.5, 0.6) is 5.75 Å². The molecule has 3 nitrogen and oxygen atoms in total. The van der Waals surface area contributed by atoms with Gasteiger partial charge >= 0.3 is 0 Å². The van der Waals surface area contributed by atoms with Gasteiger partial charge in [0.05, 0.1) is 5.56 Å². The van der Waals surface area contributed by atoms with Crippen LogP contribution in [-0.2, 0) is 6.61 Å². The average molecular weight is 344 g/mol. The van der Waals surface area contributed by atoms with Crippen molar-refractivity contribution in [2.75, 3.05) is 13.1 Å². The highest BCUT2D eigenvalue weighted by Gasteiger charge is 2.24. The lowest BCUT2D eigenvalue weighted by Crippen LogP contribution is -2.38. The molecule has 0 N–H and O–H groups in total. The van der Waals surface area contributed by atoms with Crippen LogP contribution < -0.4 is 4.74 Å². The highest BCUT2D eigenvalue weighted by atomic mass is 35.5. The summed E-state index contributed by atoms with van der Waals surface area (Å²) in [5.74, 6) is 1.28. The van der Waals surface area contributed by atoms with Crippen molar-refractivity contribution in [1.29, 1.82) is 0 Å². The van der Waals surface area contributed by atoms with E-state index in [1.807, 2.05) is 35.2 Å². The van der Waals surface area contributed by atoms with Crippen molar-refractivity contribution in [3.63, 3.8) is 0 Å². The van der Waals surface area contributed by atoms with Crippen LogP contribution in [0.1, 0.15) is 35.7 Å². The molecular formula is C20H22ClNO2. The zero-order valence-electron chi connectivity index (χ0n) is 13.9. The molecule has 3 rings (SSSR count). The van der Waals surface area contributed by atoms with Gasteiger partial charge in [-0.3, -0.25) is 4.79 Å².